The second kappa shape index (κ2) is 7.58. The minimum Gasteiger partial charge on any atom is -0.336 e. The molecule has 1 atom stereocenters. The number of nitro groups is 1. The fraction of sp³-hybridized carbons (Fsp3) is 0.400. The lowest BCUT2D eigenvalue weighted by molar-refractivity contribution is -0.384. The molecule has 2 aromatic rings. The standard InChI is InChI=1S/C15H18N6O3.ClH/c1-10-14(15(22)19(2)13-6-7-16-9-13)17-18-20(10)11-4-3-5-12(8-11)21(23)24;/h3-5,8,13,16H,6-7,9H2,1-2H3;1H. The van der Waals surface area contributed by atoms with Crippen molar-refractivity contribution in [3.8, 4) is 5.69 Å². The smallest absolute Gasteiger partial charge is 0.276 e. The molecule has 1 amide bonds. The zero-order valence-corrected chi connectivity index (χ0v) is 14.7. The van der Waals surface area contributed by atoms with Gasteiger partial charge in [0, 0.05) is 31.8 Å². The molecule has 1 aliphatic rings. The van der Waals surface area contributed by atoms with E-state index in [1.807, 2.05) is 0 Å². The third-order valence-electron chi connectivity index (χ3n) is 4.28. The van der Waals surface area contributed by atoms with Gasteiger partial charge in [-0.1, -0.05) is 11.3 Å². The molecule has 1 saturated heterocycles. The minimum atomic E-state index is -0.470. The van der Waals surface area contributed by atoms with E-state index in [2.05, 4.69) is 15.6 Å². The first-order valence-corrected chi connectivity index (χ1v) is 7.64. The summed E-state index contributed by atoms with van der Waals surface area (Å²) < 4.78 is 1.45. The summed E-state index contributed by atoms with van der Waals surface area (Å²) in [7, 11) is 1.76. The number of rotatable bonds is 4. The number of aromatic nitrogens is 3. The minimum absolute atomic E-state index is 0. The summed E-state index contributed by atoms with van der Waals surface area (Å²) in [5, 5.41) is 22.1. The topological polar surface area (TPSA) is 106 Å². The van der Waals surface area contributed by atoms with Crippen molar-refractivity contribution in [1.82, 2.24) is 25.2 Å². The maximum absolute atomic E-state index is 12.6. The molecule has 9 nitrogen and oxygen atoms in total. The van der Waals surface area contributed by atoms with Gasteiger partial charge in [0.15, 0.2) is 5.69 Å². The molecule has 0 radical (unpaired) electrons. The van der Waals surface area contributed by atoms with Crippen molar-refractivity contribution < 1.29 is 9.72 Å². The molecule has 10 heteroatoms. The quantitative estimate of drug-likeness (QED) is 0.646. The number of nitro benzene ring substituents is 1. The number of nitrogens with zero attached hydrogens (tertiary/aromatic N) is 5. The van der Waals surface area contributed by atoms with Crippen LogP contribution in [0.1, 0.15) is 22.6 Å². The zero-order valence-electron chi connectivity index (χ0n) is 13.9. The summed E-state index contributed by atoms with van der Waals surface area (Å²) in [5.74, 6) is -0.196. The van der Waals surface area contributed by atoms with E-state index in [0.717, 1.165) is 19.5 Å². The molecular weight excluding hydrogens is 348 g/mol. The first-order valence-electron chi connectivity index (χ1n) is 7.64. The lowest BCUT2D eigenvalue weighted by atomic mass is 10.2. The molecule has 0 spiro atoms. The normalized spacial score (nSPS) is 16.3. The maximum atomic E-state index is 12.6. The number of carbonyl (C=O) groups is 1. The molecule has 1 N–H and O–H groups in total. The lowest BCUT2D eigenvalue weighted by Crippen LogP contribution is -2.38. The van der Waals surface area contributed by atoms with Gasteiger partial charge in [-0.3, -0.25) is 14.9 Å². The molecule has 1 unspecified atom stereocenters. The fourth-order valence-electron chi connectivity index (χ4n) is 2.81. The van der Waals surface area contributed by atoms with E-state index >= 15 is 0 Å². The van der Waals surface area contributed by atoms with Crippen LogP contribution in [0.5, 0.6) is 0 Å². The van der Waals surface area contributed by atoms with Crippen LogP contribution in [0.2, 0.25) is 0 Å². The third kappa shape index (κ3) is 3.62. The first kappa shape index (κ1) is 18.8. The van der Waals surface area contributed by atoms with Crippen LogP contribution >= 0.6 is 12.4 Å². The monoisotopic (exact) mass is 366 g/mol. The Kier molecular flexibility index (Phi) is 5.70. The van der Waals surface area contributed by atoms with Gasteiger partial charge in [-0.25, -0.2) is 4.68 Å². The van der Waals surface area contributed by atoms with Crippen molar-refractivity contribution in [3.05, 3.63) is 45.8 Å². The predicted molar refractivity (Wildman–Crippen MR) is 93.4 cm³/mol. The largest absolute Gasteiger partial charge is 0.336 e. The summed E-state index contributed by atoms with van der Waals surface area (Å²) >= 11 is 0. The first-order chi connectivity index (χ1) is 11.5. The van der Waals surface area contributed by atoms with Crippen molar-refractivity contribution in [2.24, 2.45) is 0 Å². The highest BCUT2D eigenvalue weighted by Gasteiger charge is 2.27. The maximum Gasteiger partial charge on any atom is 0.276 e. The molecule has 1 fully saturated rings. The van der Waals surface area contributed by atoms with Crippen LogP contribution in [-0.4, -0.2) is 56.9 Å². The van der Waals surface area contributed by atoms with Crippen molar-refractivity contribution in [2.75, 3.05) is 20.1 Å². The molecule has 0 aliphatic carbocycles. The molecule has 2 heterocycles. The molecule has 1 aromatic heterocycles. The van der Waals surface area contributed by atoms with E-state index in [9.17, 15) is 14.9 Å². The summed E-state index contributed by atoms with van der Waals surface area (Å²) in [6.45, 7) is 3.38. The molecule has 0 bridgehead atoms. The van der Waals surface area contributed by atoms with Gasteiger partial charge < -0.3 is 10.2 Å². The van der Waals surface area contributed by atoms with Crippen LogP contribution in [-0.2, 0) is 0 Å². The molecule has 1 aliphatic heterocycles. The van der Waals surface area contributed by atoms with Gasteiger partial charge in [0.1, 0.15) is 0 Å². The highest BCUT2D eigenvalue weighted by atomic mass is 35.5. The molecule has 3 rings (SSSR count). The molecule has 134 valence electrons. The number of benzene rings is 1. The number of nitrogens with one attached hydrogen (secondary N) is 1. The number of hydrogen-bond acceptors (Lipinski definition) is 6. The van der Waals surface area contributed by atoms with E-state index in [-0.39, 0.29) is 35.7 Å². The van der Waals surface area contributed by atoms with Crippen LogP contribution in [0, 0.1) is 17.0 Å². The van der Waals surface area contributed by atoms with Crippen LogP contribution in [0.15, 0.2) is 24.3 Å². The lowest BCUT2D eigenvalue weighted by Gasteiger charge is -2.22. The second-order valence-corrected chi connectivity index (χ2v) is 5.77. The number of hydrogen-bond donors (Lipinski definition) is 1. The van der Waals surface area contributed by atoms with Gasteiger partial charge >= 0.3 is 0 Å². The average Bonchev–Trinajstić information content (AvgIpc) is 3.23. The Morgan fingerprint density at radius 2 is 2.24 bits per heavy atom. The Bertz CT molecular complexity index is 787. The predicted octanol–water partition coefficient (Wildman–Crippen LogP) is 1.34. The van der Waals surface area contributed by atoms with Crippen molar-refractivity contribution in [2.45, 2.75) is 19.4 Å². The number of likely N-dealkylation sites (N-methyl/N-ethyl adjacent to an activating group) is 1. The molecule has 0 saturated carbocycles. The fourth-order valence-corrected chi connectivity index (χ4v) is 2.81. The highest BCUT2D eigenvalue weighted by Crippen LogP contribution is 2.19. The van der Waals surface area contributed by atoms with Gasteiger partial charge in [0.25, 0.3) is 11.6 Å². The number of non-ortho nitro benzene ring substituents is 1. The summed E-state index contributed by atoms with van der Waals surface area (Å²) in [5.41, 5.74) is 1.28. The second-order valence-electron chi connectivity index (χ2n) is 5.77. The van der Waals surface area contributed by atoms with E-state index < -0.39 is 4.92 Å². The Morgan fingerprint density at radius 3 is 2.88 bits per heavy atom. The Balaban J connectivity index is 0.00000225. The van der Waals surface area contributed by atoms with Gasteiger partial charge in [0.2, 0.25) is 0 Å². The van der Waals surface area contributed by atoms with Crippen LogP contribution in [0.25, 0.3) is 5.69 Å². The molecular formula is C15H19ClN6O3. The summed E-state index contributed by atoms with van der Waals surface area (Å²) in [6, 6.07) is 6.21. The third-order valence-corrected chi connectivity index (χ3v) is 4.28. The van der Waals surface area contributed by atoms with E-state index in [1.165, 1.54) is 16.8 Å². The van der Waals surface area contributed by atoms with Crippen LogP contribution in [0.4, 0.5) is 5.69 Å². The highest BCUT2D eigenvalue weighted by molar-refractivity contribution is 5.93. The Morgan fingerprint density at radius 1 is 1.48 bits per heavy atom. The van der Waals surface area contributed by atoms with Gasteiger partial charge in [-0.15, -0.1) is 17.5 Å². The van der Waals surface area contributed by atoms with Crippen LogP contribution in [0.3, 0.4) is 0 Å². The number of amides is 1. The van der Waals surface area contributed by atoms with E-state index in [4.69, 9.17) is 0 Å². The van der Waals surface area contributed by atoms with Crippen LogP contribution < -0.4 is 5.32 Å². The Labute approximate surface area is 150 Å². The average molecular weight is 367 g/mol. The summed E-state index contributed by atoms with van der Waals surface area (Å²) in [4.78, 5) is 24.8. The zero-order chi connectivity index (χ0) is 17.3. The Hall–Kier alpha value is -2.52. The van der Waals surface area contributed by atoms with E-state index in [0.29, 0.717) is 11.4 Å². The molecule has 25 heavy (non-hydrogen) atoms. The molecule has 1 aromatic carbocycles. The van der Waals surface area contributed by atoms with Crippen molar-refractivity contribution in [3.63, 3.8) is 0 Å². The number of carbonyl (C=O) groups excluding carboxylic acids is 1. The van der Waals surface area contributed by atoms with Crippen molar-refractivity contribution >= 4 is 24.0 Å². The van der Waals surface area contributed by atoms with Gasteiger partial charge in [0.05, 0.1) is 16.3 Å². The SMILES string of the molecule is Cc1c(C(=O)N(C)C2CCNC2)nnn1-c1cccc([N+](=O)[O-])c1.Cl. The summed E-state index contributed by atoms with van der Waals surface area (Å²) in [6.07, 6.45) is 0.903. The van der Waals surface area contributed by atoms with E-state index in [1.54, 1.807) is 31.0 Å². The van der Waals surface area contributed by atoms with Gasteiger partial charge in [-0.2, -0.15) is 0 Å². The van der Waals surface area contributed by atoms with Gasteiger partial charge in [-0.05, 0) is 26.0 Å². The number of halogens is 1. The van der Waals surface area contributed by atoms with Crippen molar-refractivity contribution in [1.29, 1.82) is 0 Å².